The Labute approximate surface area is 161 Å². The Hall–Kier alpha value is -2.99. The lowest BCUT2D eigenvalue weighted by Crippen LogP contribution is -2.26. The molecule has 0 aliphatic heterocycles. The number of aromatic nitrogens is 2. The summed E-state index contributed by atoms with van der Waals surface area (Å²) in [5, 5.41) is 14.3. The van der Waals surface area contributed by atoms with E-state index in [4.69, 9.17) is 11.6 Å². The Kier molecular flexibility index (Phi) is 6.33. The molecule has 3 aromatic rings. The topological polar surface area (TPSA) is 66.9 Å². The van der Waals surface area contributed by atoms with Crippen LogP contribution in [0.4, 0.5) is 10.2 Å². The normalized spacial score (nSPS) is 10.4. The lowest BCUT2D eigenvalue weighted by Gasteiger charge is -2.07. The SMILES string of the molecule is O=C(NCCc1cccc(Cl)c1)c1ccc(NCc2ccccc2F)nn1. The number of amides is 1. The molecular formula is C20H18ClFN4O. The Balaban J connectivity index is 1.49. The molecule has 0 saturated heterocycles. The van der Waals surface area contributed by atoms with Crippen molar-refractivity contribution in [3.8, 4) is 0 Å². The Morgan fingerprint density at radius 2 is 1.89 bits per heavy atom. The number of carbonyl (C=O) groups excluding carboxylic acids is 1. The highest BCUT2D eigenvalue weighted by atomic mass is 35.5. The van der Waals surface area contributed by atoms with E-state index in [1.807, 2.05) is 18.2 Å². The van der Waals surface area contributed by atoms with Crippen LogP contribution in [-0.4, -0.2) is 22.6 Å². The van der Waals surface area contributed by atoms with Crippen LogP contribution in [0.15, 0.2) is 60.7 Å². The van der Waals surface area contributed by atoms with Crippen LogP contribution in [0.1, 0.15) is 21.6 Å². The van der Waals surface area contributed by atoms with Gasteiger partial charge in [-0.05, 0) is 42.3 Å². The van der Waals surface area contributed by atoms with Crippen LogP contribution in [0, 0.1) is 5.82 Å². The van der Waals surface area contributed by atoms with Gasteiger partial charge < -0.3 is 10.6 Å². The van der Waals surface area contributed by atoms with Crippen molar-refractivity contribution in [3.05, 3.63) is 88.3 Å². The molecule has 0 radical (unpaired) electrons. The van der Waals surface area contributed by atoms with Crippen molar-refractivity contribution in [3.63, 3.8) is 0 Å². The largest absolute Gasteiger partial charge is 0.364 e. The number of hydrogen-bond donors (Lipinski definition) is 2. The molecule has 0 bridgehead atoms. The van der Waals surface area contributed by atoms with Gasteiger partial charge in [-0.1, -0.05) is 41.9 Å². The summed E-state index contributed by atoms with van der Waals surface area (Å²) in [6.45, 7) is 0.751. The van der Waals surface area contributed by atoms with Crippen LogP contribution in [0.2, 0.25) is 5.02 Å². The van der Waals surface area contributed by atoms with Gasteiger partial charge in [-0.25, -0.2) is 4.39 Å². The lowest BCUT2D eigenvalue weighted by molar-refractivity contribution is 0.0948. The van der Waals surface area contributed by atoms with Crippen LogP contribution in [0.25, 0.3) is 0 Å². The maximum Gasteiger partial charge on any atom is 0.271 e. The summed E-state index contributed by atoms with van der Waals surface area (Å²) in [5.41, 5.74) is 1.79. The second kappa shape index (κ2) is 9.09. The molecule has 3 rings (SSSR count). The fourth-order valence-corrected chi connectivity index (χ4v) is 2.69. The van der Waals surface area contributed by atoms with Crippen molar-refractivity contribution in [1.29, 1.82) is 0 Å². The molecule has 0 aliphatic carbocycles. The van der Waals surface area contributed by atoms with E-state index in [2.05, 4.69) is 20.8 Å². The molecule has 0 atom stereocenters. The average molecular weight is 385 g/mol. The van der Waals surface area contributed by atoms with E-state index in [0.29, 0.717) is 29.4 Å². The number of nitrogens with one attached hydrogen (secondary N) is 2. The van der Waals surface area contributed by atoms with Crippen molar-refractivity contribution in [1.82, 2.24) is 15.5 Å². The first kappa shape index (κ1) is 18.8. The van der Waals surface area contributed by atoms with Gasteiger partial charge in [0.1, 0.15) is 11.6 Å². The predicted molar refractivity (Wildman–Crippen MR) is 103 cm³/mol. The molecule has 0 unspecified atom stereocenters. The summed E-state index contributed by atoms with van der Waals surface area (Å²) in [6.07, 6.45) is 0.669. The fraction of sp³-hybridized carbons (Fsp3) is 0.150. The molecule has 7 heteroatoms. The summed E-state index contributed by atoms with van der Waals surface area (Å²) in [6, 6.07) is 17.2. The van der Waals surface area contributed by atoms with Crippen molar-refractivity contribution >= 4 is 23.3 Å². The van der Waals surface area contributed by atoms with Gasteiger partial charge in [0.15, 0.2) is 5.69 Å². The molecule has 0 fully saturated rings. The maximum atomic E-state index is 13.6. The fourth-order valence-electron chi connectivity index (χ4n) is 2.48. The minimum atomic E-state index is -0.301. The van der Waals surface area contributed by atoms with Crippen molar-refractivity contribution in [2.75, 3.05) is 11.9 Å². The molecule has 5 nitrogen and oxygen atoms in total. The summed E-state index contributed by atoms with van der Waals surface area (Å²) < 4.78 is 13.6. The number of halogens is 2. The van der Waals surface area contributed by atoms with Crippen LogP contribution in [0.3, 0.4) is 0 Å². The third-order valence-corrected chi connectivity index (χ3v) is 4.14. The molecule has 0 saturated carbocycles. The van der Waals surface area contributed by atoms with E-state index in [0.717, 1.165) is 5.56 Å². The smallest absolute Gasteiger partial charge is 0.271 e. The second-order valence-electron chi connectivity index (χ2n) is 5.88. The monoisotopic (exact) mass is 384 g/mol. The van der Waals surface area contributed by atoms with Gasteiger partial charge in [0.2, 0.25) is 0 Å². The standard InChI is InChI=1S/C20H18ClFN4O/c21-16-6-3-4-14(12-16)10-11-23-20(27)18-8-9-19(26-25-18)24-13-15-5-1-2-7-17(15)22/h1-9,12H,10-11,13H2,(H,23,27)(H,24,26). The molecule has 1 amide bonds. The molecular weight excluding hydrogens is 367 g/mol. The van der Waals surface area contributed by atoms with Gasteiger partial charge in [0.05, 0.1) is 0 Å². The number of nitrogens with zero attached hydrogens (tertiary/aromatic N) is 2. The average Bonchev–Trinajstić information content (AvgIpc) is 2.68. The number of rotatable bonds is 7. The van der Waals surface area contributed by atoms with E-state index < -0.39 is 0 Å². The Morgan fingerprint density at radius 3 is 2.63 bits per heavy atom. The highest BCUT2D eigenvalue weighted by molar-refractivity contribution is 6.30. The molecule has 2 N–H and O–H groups in total. The van der Waals surface area contributed by atoms with Gasteiger partial charge in [-0.2, -0.15) is 0 Å². The minimum absolute atomic E-state index is 0.220. The van der Waals surface area contributed by atoms with E-state index in [1.54, 1.807) is 36.4 Å². The van der Waals surface area contributed by atoms with Gasteiger partial charge in [0, 0.05) is 23.7 Å². The van der Waals surface area contributed by atoms with Gasteiger partial charge in [-0.15, -0.1) is 10.2 Å². The first-order valence-corrected chi connectivity index (χ1v) is 8.83. The summed E-state index contributed by atoms with van der Waals surface area (Å²) >= 11 is 5.94. The van der Waals surface area contributed by atoms with Crippen LogP contribution < -0.4 is 10.6 Å². The van der Waals surface area contributed by atoms with Crippen molar-refractivity contribution in [2.24, 2.45) is 0 Å². The molecule has 0 aliphatic rings. The van der Waals surface area contributed by atoms with E-state index in [1.165, 1.54) is 6.07 Å². The van der Waals surface area contributed by atoms with Gasteiger partial charge in [-0.3, -0.25) is 4.79 Å². The third kappa shape index (κ3) is 5.49. The molecule has 1 aromatic heterocycles. The molecule has 2 aromatic carbocycles. The second-order valence-corrected chi connectivity index (χ2v) is 6.32. The van der Waals surface area contributed by atoms with E-state index >= 15 is 0 Å². The first-order valence-electron chi connectivity index (χ1n) is 8.45. The Bertz CT molecular complexity index is 918. The number of hydrogen-bond acceptors (Lipinski definition) is 4. The van der Waals surface area contributed by atoms with Gasteiger partial charge >= 0.3 is 0 Å². The number of carbonyl (C=O) groups is 1. The minimum Gasteiger partial charge on any atom is -0.364 e. The summed E-state index contributed by atoms with van der Waals surface area (Å²) in [4.78, 5) is 12.1. The van der Waals surface area contributed by atoms with Crippen molar-refractivity contribution in [2.45, 2.75) is 13.0 Å². The molecule has 138 valence electrons. The zero-order chi connectivity index (χ0) is 19.1. The van der Waals surface area contributed by atoms with Crippen LogP contribution in [-0.2, 0) is 13.0 Å². The highest BCUT2D eigenvalue weighted by Gasteiger charge is 2.08. The highest BCUT2D eigenvalue weighted by Crippen LogP contribution is 2.11. The lowest BCUT2D eigenvalue weighted by atomic mass is 10.1. The first-order chi connectivity index (χ1) is 13.1. The van der Waals surface area contributed by atoms with Crippen LogP contribution >= 0.6 is 11.6 Å². The zero-order valence-electron chi connectivity index (χ0n) is 14.5. The van der Waals surface area contributed by atoms with Crippen LogP contribution in [0.5, 0.6) is 0 Å². The molecule has 27 heavy (non-hydrogen) atoms. The number of anilines is 1. The quantitative estimate of drug-likeness (QED) is 0.649. The zero-order valence-corrected chi connectivity index (χ0v) is 15.2. The maximum absolute atomic E-state index is 13.6. The third-order valence-electron chi connectivity index (χ3n) is 3.90. The van der Waals surface area contributed by atoms with E-state index in [9.17, 15) is 9.18 Å². The van der Waals surface area contributed by atoms with Crippen molar-refractivity contribution < 1.29 is 9.18 Å². The predicted octanol–water partition coefficient (Wildman–Crippen LogP) is 3.85. The van der Waals surface area contributed by atoms with E-state index in [-0.39, 0.29) is 24.0 Å². The molecule has 1 heterocycles. The Morgan fingerprint density at radius 1 is 1.04 bits per heavy atom. The summed E-state index contributed by atoms with van der Waals surface area (Å²) in [5.74, 6) is -0.118. The molecule has 0 spiro atoms. The number of benzene rings is 2. The van der Waals surface area contributed by atoms with Gasteiger partial charge in [0.25, 0.3) is 5.91 Å². The summed E-state index contributed by atoms with van der Waals surface area (Å²) in [7, 11) is 0.